The third kappa shape index (κ3) is 5.45. The number of hydrogen-bond donors (Lipinski definition) is 0. The Morgan fingerprint density at radius 3 is 1.81 bits per heavy atom. The predicted octanol–water partition coefficient (Wildman–Crippen LogP) is 4.17. The average molecular weight is 356 g/mol. The van der Waals surface area contributed by atoms with E-state index in [2.05, 4.69) is 6.07 Å². The van der Waals surface area contributed by atoms with E-state index in [9.17, 15) is 4.79 Å². The maximum absolute atomic E-state index is 12.8. The molecule has 0 unspecified atom stereocenters. The van der Waals surface area contributed by atoms with Crippen LogP contribution in [0.2, 0.25) is 0 Å². The van der Waals surface area contributed by atoms with Gasteiger partial charge in [-0.1, -0.05) is 60.7 Å². The molecule has 0 aliphatic heterocycles. The number of carbonyl (C=O) groups excluding carboxylic acids is 1. The van der Waals surface area contributed by atoms with Gasteiger partial charge in [0.15, 0.2) is 6.61 Å². The van der Waals surface area contributed by atoms with Crippen LogP contribution >= 0.6 is 0 Å². The molecule has 27 heavy (non-hydrogen) atoms. The lowest BCUT2D eigenvalue weighted by molar-refractivity contribution is -0.134. The molecule has 4 nitrogen and oxygen atoms in total. The van der Waals surface area contributed by atoms with Gasteiger partial charge in [-0.3, -0.25) is 4.79 Å². The fourth-order valence-corrected chi connectivity index (χ4v) is 2.70. The van der Waals surface area contributed by atoms with E-state index >= 15 is 0 Å². The van der Waals surface area contributed by atoms with Crippen LogP contribution in [0, 0.1) is 11.3 Å². The van der Waals surface area contributed by atoms with Crippen molar-refractivity contribution in [1.29, 1.82) is 5.26 Å². The van der Waals surface area contributed by atoms with Crippen molar-refractivity contribution in [2.45, 2.75) is 13.1 Å². The Hall–Kier alpha value is -3.58. The molecule has 0 aromatic heterocycles. The molecule has 1 amide bonds. The number of benzene rings is 3. The van der Waals surface area contributed by atoms with E-state index in [1.165, 1.54) is 0 Å². The van der Waals surface area contributed by atoms with E-state index in [1.54, 1.807) is 29.2 Å². The normalized spacial score (nSPS) is 10.0. The van der Waals surface area contributed by atoms with Gasteiger partial charge in [0.05, 0.1) is 11.6 Å². The zero-order valence-electron chi connectivity index (χ0n) is 14.9. The fraction of sp³-hybridized carbons (Fsp3) is 0.130. The molecule has 0 saturated heterocycles. The molecule has 0 N–H and O–H groups in total. The molecule has 3 aromatic rings. The zero-order chi connectivity index (χ0) is 18.9. The van der Waals surface area contributed by atoms with Gasteiger partial charge in [0.2, 0.25) is 0 Å². The van der Waals surface area contributed by atoms with E-state index in [0.717, 1.165) is 11.1 Å². The van der Waals surface area contributed by atoms with Crippen LogP contribution in [0.4, 0.5) is 0 Å². The molecular formula is C23H20N2O2. The molecule has 0 aliphatic rings. The van der Waals surface area contributed by atoms with E-state index < -0.39 is 0 Å². The SMILES string of the molecule is N#Cc1ccc(OCC(=O)N(Cc2ccccc2)Cc2ccccc2)cc1. The molecule has 0 fully saturated rings. The van der Waals surface area contributed by atoms with Crippen LogP contribution in [0.15, 0.2) is 84.9 Å². The first-order valence-corrected chi connectivity index (χ1v) is 8.73. The summed E-state index contributed by atoms with van der Waals surface area (Å²) in [5.41, 5.74) is 2.70. The van der Waals surface area contributed by atoms with Crippen LogP contribution in [0.5, 0.6) is 5.75 Å². The number of nitriles is 1. The van der Waals surface area contributed by atoms with Gasteiger partial charge in [0.1, 0.15) is 5.75 Å². The number of amides is 1. The molecule has 0 radical (unpaired) electrons. The number of ether oxygens (including phenoxy) is 1. The third-order valence-electron chi connectivity index (χ3n) is 4.13. The number of carbonyl (C=O) groups is 1. The van der Waals surface area contributed by atoms with Gasteiger partial charge in [-0.2, -0.15) is 5.26 Å². The van der Waals surface area contributed by atoms with Crippen molar-refractivity contribution in [3.8, 4) is 11.8 Å². The van der Waals surface area contributed by atoms with E-state index in [0.29, 0.717) is 24.4 Å². The molecule has 0 spiro atoms. The highest BCUT2D eigenvalue weighted by Crippen LogP contribution is 2.14. The predicted molar refractivity (Wildman–Crippen MR) is 104 cm³/mol. The van der Waals surface area contributed by atoms with Crippen molar-refractivity contribution in [3.63, 3.8) is 0 Å². The van der Waals surface area contributed by atoms with Crippen LogP contribution in [0.3, 0.4) is 0 Å². The van der Waals surface area contributed by atoms with Crippen molar-refractivity contribution < 1.29 is 9.53 Å². The minimum absolute atomic E-state index is 0.0500. The topological polar surface area (TPSA) is 53.3 Å². The van der Waals surface area contributed by atoms with Gasteiger partial charge in [0, 0.05) is 13.1 Å². The Morgan fingerprint density at radius 2 is 1.33 bits per heavy atom. The van der Waals surface area contributed by atoms with E-state index in [-0.39, 0.29) is 12.5 Å². The first-order chi connectivity index (χ1) is 13.2. The highest BCUT2D eigenvalue weighted by atomic mass is 16.5. The molecule has 0 bridgehead atoms. The molecule has 3 rings (SSSR count). The Morgan fingerprint density at radius 1 is 0.815 bits per heavy atom. The summed E-state index contributed by atoms with van der Waals surface area (Å²) in [6.45, 7) is 0.988. The summed E-state index contributed by atoms with van der Waals surface area (Å²) in [6, 6.07) is 28.6. The van der Waals surface area contributed by atoms with Crippen LogP contribution in [0.1, 0.15) is 16.7 Å². The third-order valence-corrected chi connectivity index (χ3v) is 4.13. The maximum atomic E-state index is 12.8. The van der Waals surface area contributed by atoms with E-state index in [4.69, 9.17) is 10.00 Å². The van der Waals surface area contributed by atoms with E-state index in [1.807, 2.05) is 60.7 Å². The molecular weight excluding hydrogens is 336 g/mol. The van der Waals surface area contributed by atoms with Crippen LogP contribution in [0.25, 0.3) is 0 Å². The van der Waals surface area contributed by atoms with Gasteiger partial charge in [-0.25, -0.2) is 0 Å². The van der Waals surface area contributed by atoms with Crippen LogP contribution in [-0.4, -0.2) is 17.4 Å². The van der Waals surface area contributed by atoms with Gasteiger partial charge < -0.3 is 9.64 Å². The maximum Gasteiger partial charge on any atom is 0.261 e. The highest BCUT2D eigenvalue weighted by molar-refractivity contribution is 5.77. The first-order valence-electron chi connectivity index (χ1n) is 8.73. The molecule has 134 valence electrons. The van der Waals surface area contributed by atoms with Gasteiger partial charge in [-0.15, -0.1) is 0 Å². The second-order valence-corrected chi connectivity index (χ2v) is 6.15. The summed E-state index contributed by atoms with van der Waals surface area (Å²) in [5, 5.41) is 8.85. The summed E-state index contributed by atoms with van der Waals surface area (Å²) < 4.78 is 5.62. The number of hydrogen-bond acceptors (Lipinski definition) is 3. The Kier molecular flexibility index (Phi) is 6.21. The van der Waals surface area contributed by atoms with Gasteiger partial charge in [-0.05, 0) is 35.4 Å². The number of nitrogens with zero attached hydrogens (tertiary/aromatic N) is 2. The molecule has 4 heteroatoms. The average Bonchev–Trinajstić information content (AvgIpc) is 2.73. The van der Waals surface area contributed by atoms with Crippen molar-refractivity contribution in [1.82, 2.24) is 4.90 Å². The smallest absolute Gasteiger partial charge is 0.261 e. The summed E-state index contributed by atoms with van der Waals surface area (Å²) >= 11 is 0. The molecule has 0 aliphatic carbocycles. The summed E-state index contributed by atoms with van der Waals surface area (Å²) in [4.78, 5) is 14.6. The Balaban J connectivity index is 1.68. The largest absolute Gasteiger partial charge is 0.484 e. The summed E-state index contributed by atoms with van der Waals surface area (Å²) in [7, 11) is 0. The van der Waals surface area contributed by atoms with Crippen molar-refractivity contribution in [2.24, 2.45) is 0 Å². The summed E-state index contributed by atoms with van der Waals surface area (Å²) in [5.74, 6) is 0.480. The Labute approximate surface area is 159 Å². The minimum atomic E-state index is -0.0907. The van der Waals surface area contributed by atoms with Crippen molar-refractivity contribution in [2.75, 3.05) is 6.61 Å². The van der Waals surface area contributed by atoms with Gasteiger partial charge >= 0.3 is 0 Å². The quantitative estimate of drug-likeness (QED) is 0.638. The van der Waals surface area contributed by atoms with Crippen LogP contribution < -0.4 is 4.74 Å². The van der Waals surface area contributed by atoms with Gasteiger partial charge in [0.25, 0.3) is 5.91 Å². The lowest BCUT2D eigenvalue weighted by Crippen LogP contribution is -2.34. The molecule has 0 heterocycles. The first kappa shape index (κ1) is 18.2. The minimum Gasteiger partial charge on any atom is -0.484 e. The molecule has 0 atom stereocenters. The zero-order valence-corrected chi connectivity index (χ0v) is 14.9. The second kappa shape index (κ2) is 9.21. The molecule has 0 saturated carbocycles. The molecule has 3 aromatic carbocycles. The lowest BCUT2D eigenvalue weighted by Gasteiger charge is -2.23. The van der Waals surface area contributed by atoms with Crippen molar-refractivity contribution >= 4 is 5.91 Å². The fourth-order valence-electron chi connectivity index (χ4n) is 2.70. The summed E-state index contributed by atoms with van der Waals surface area (Å²) in [6.07, 6.45) is 0. The lowest BCUT2D eigenvalue weighted by atomic mass is 10.1. The van der Waals surface area contributed by atoms with Crippen molar-refractivity contribution in [3.05, 3.63) is 102 Å². The second-order valence-electron chi connectivity index (χ2n) is 6.15. The number of rotatable bonds is 7. The standard InChI is InChI=1S/C23H20N2O2/c24-15-19-11-13-22(14-12-19)27-18-23(26)25(16-20-7-3-1-4-8-20)17-21-9-5-2-6-10-21/h1-14H,16-18H2. The highest BCUT2D eigenvalue weighted by Gasteiger charge is 2.15. The Bertz CT molecular complexity index is 859. The monoisotopic (exact) mass is 356 g/mol. The van der Waals surface area contributed by atoms with Crippen LogP contribution in [-0.2, 0) is 17.9 Å².